The highest BCUT2D eigenvalue weighted by Crippen LogP contribution is 2.36. The predicted molar refractivity (Wildman–Crippen MR) is 60.1 cm³/mol. The van der Waals surface area contributed by atoms with E-state index in [0.717, 1.165) is 12.8 Å². The number of benzene rings is 1. The van der Waals surface area contributed by atoms with Crippen LogP contribution in [-0.4, -0.2) is 24.3 Å². The molecule has 16 heavy (non-hydrogen) atoms. The first-order valence-electron chi connectivity index (χ1n) is 5.55. The Morgan fingerprint density at radius 2 is 2.31 bits per heavy atom. The standard InChI is InChI=1S/C13H16O3/c1-16-13(15)8-12(14)11-7-6-9-4-2-3-5-10(9)11/h2-5,11-12,14H,6-8H2,1H3/t11?,12-/m1/s1. The zero-order valence-corrected chi connectivity index (χ0v) is 9.35. The first-order valence-corrected chi connectivity index (χ1v) is 5.55. The lowest BCUT2D eigenvalue weighted by Crippen LogP contribution is -2.21. The predicted octanol–water partition coefficient (Wildman–Crippen LogP) is 1.64. The third-order valence-electron chi connectivity index (χ3n) is 3.25. The van der Waals surface area contributed by atoms with Gasteiger partial charge in [-0.3, -0.25) is 4.79 Å². The van der Waals surface area contributed by atoms with Crippen LogP contribution < -0.4 is 0 Å². The molecule has 3 heteroatoms. The highest BCUT2D eigenvalue weighted by Gasteiger charge is 2.29. The van der Waals surface area contributed by atoms with Gasteiger partial charge in [-0.15, -0.1) is 0 Å². The summed E-state index contributed by atoms with van der Waals surface area (Å²) in [5.41, 5.74) is 2.47. The number of rotatable bonds is 3. The van der Waals surface area contributed by atoms with Crippen LogP contribution in [0.5, 0.6) is 0 Å². The van der Waals surface area contributed by atoms with Gasteiger partial charge in [0.05, 0.1) is 19.6 Å². The second kappa shape index (κ2) is 4.66. The number of fused-ring (bicyclic) bond motifs is 1. The lowest BCUT2D eigenvalue weighted by Gasteiger charge is -2.17. The van der Waals surface area contributed by atoms with E-state index in [1.165, 1.54) is 18.2 Å². The number of ether oxygens (including phenoxy) is 1. The van der Waals surface area contributed by atoms with Crippen molar-refractivity contribution in [3.63, 3.8) is 0 Å². The molecule has 0 amide bonds. The van der Waals surface area contributed by atoms with E-state index in [1.54, 1.807) is 0 Å². The molecule has 1 aliphatic rings. The van der Waals surface area contributed by atoms with Crippen LogP contribution in [0.1, 0.15) is 29.9 Å². The Balaban J connectivity index is 2.10. The minimum atomic E-state index is -0.629. The average molecular weight is 220 g/mol. The minimum absolute atomic E-state index is 0.0789. The van der Waals surface area contributed by atoms with Gasteiger partial charge in [0.1, 0.15) is 0 Å². The zero-order chi connectivity index (χ0) is 11.5. The largest absolute Gasteiger partial charge is 0.469 e. The number of carbonyl (C=O) groups is 1. The first kappa shape index (κ1) is 11.1. The van der Waals surface area contributed by atoms with Crippen LogP contribution in [-0.2, 0) is 16.0 Å². The maximum absolute atomic E-state index is 11.1. The van der Waals surface area contributed by atoms with Crippen molar-refractivity contribution in [3.05, 3.63) is 35.4 Å². The molecule has 2 rings (SSSR count). The molecule has 1 unspecified atom stereocenters. The molecule has 0 radical (unpaired) electrons. The second-order valence-corrected chi connectivity index (χ2v) is 4.19. The second-order valence-electron chi connectivity index (χ2n) is 4.19. The van der Waals surface area contributed by atoms with Gasteiger partial charge in [-0.2, -0.15) is 0 Å². The minimum Gasteiger partial charge on any atom is -0.469 e. The van der Waals surface area contributed by atoms with E-state index in [1.807, 2.05) is 18.2 Å². The van der Waals surface area contributed by atoms with Crippen molar-refractivity contribution in [2.24, 2.45) is 0 Å². The monoisotopic (exact) mass is 220 g/mol. The van der Waals surface area contributed by atoms with Crippen molar-refractivity contribution in [2.45, 2.75) is 31.3 Å². The Bertz CT molecular complexity index is 387. The fraction of sp³-hybridized carbons (Fsp3) is 0.462. The fourth-order valence-electron chi connectivity index (χ4n) is 2.39. The third-order valence-corrected chi connectivity index (χ3v) is 3.25. The van der Waals surface area contributed by atoms with E-state index in [0.29, 0.717) is 0 Å². The molecule has 1 aliphatic carbocycles. The maximum Gasteiger partial charge on any atom is 0.308 e. The first-order chi connectivity index (χ1) is 7.72. The van der Waals surface area contributed by atoms with Crippen LogP contribution in [0.3, 0.4) is 0 Å². The van der Waals surface area contributed by atoms with Gasteiger partial charge >= 0.3 is 5.97 Å². The topological polar surface area (TPSA) is 46.5 Å². The van der Waals surface area contributed by atoms with Gasteiger partial charge in [0.15, 0.2) is 0 Å². The van der Waals surface area contributed by atoms with E-state index in [9.17, 15) is 9.90 Å². The number of hydrogen-bond donors (Lipinski definition) is 1. The lowest BCUT2D eigenvalue weighted by atomic mass is 9.93. The van der Waals surface area contributed by atoms with Crippen molar-refractivity contribution < 1.29 is 14.6 Å². The number of carbonyl (C=O) groups excluding carboxylic acids is 1. The van der Waals surface area contributed by atoms with Gasteiger partial charge in [0.2, 0.25) is 0 Å². The van der Waals surface area contributed by atoms with Crippen LogP contribution in [0.25, 0.3) is 0 Å². The van der Waals surface area contributed by atoms with Crippen molar-refractivity contribution in [3.8, 4) is 0 Å². The summed E-state index contributed by atoms with van der Waals surface area (Å²) in [5.74, 6) is -0.271. The SMILES string of the molecule is COC(=O)C[C@@H](O)C1CCc2ccccc21. The van der Waals surface area contributed by atoms with Crippen molar-refractivity contribution >= 4 is 5.97 Å². The number of hydrogen-bond acceptors (Lipinski definition) is 3. The molecule has 86 valence electrons. The Kier molecular flexibility index (Phi) is 3.25. The van der Waals surface area contributed by atoms with Gasteiger partial charge in [0.25, 0.3) is 0 Å². The van der Waals surface area contributed by atoms with Gasteiger partial charge < -0.3 is 9.84 Å². The number of methoxy groups -OCH3 is 1. The van der Waals surface area contributed by atoms with E-state index >= 15 is 0 Å². The summed E-state index contributed by atoms with van der Waals surface area (Å²) in [6.45, 7) is 0. The van der Waals surface area contributed by atoms with Crippen LogP contribution in [0, 0.1) is 0 Å². The van der Waals surface area contributed by atoms with Gasteiger partial charge in [-0.1, -0.05) is 24.3 Å². The quantitative estimate of drug-likeness (QED) is 0.788. The number of aliphatic hydroxyl groups excluding tert-OH is 1. The summed E-state index contributed by atoms with van der Waals surface area (Å²) < 4.78 is 4.57. The van der Waals surface area contributed by atoms with Gasteiger partial charge in [0, 0.05) is 5.92 Å². The normalized spacial score (nSPS) is 20.2. The molecular formula is C13H16O3. The van der Waals surface area contributed by atoms with Crippen molar-refractivity contribution in [1.29, 1.82) is 0 Å². The Hall–Kier alpha value is -1.35. The van der Waals surface area contributed by atoms with Crippen LogP contribution >= 0.6 is 0 Å². The number of esters is 1. The molecule has 3 nitrogen and oxygen atoms in total. The molecule has 1 aromatic carbocycles. The number of aliphatic hydroxyl groups is 1. The Morgan fingerprint density at radius 1 is 1.56 bits per heavy atom. The Labute approximate surface area is 95.0 Å². The molecule has 0 saturated heterocycles. The molecular weight excluding hydrogens is 204 g/mol. The van der Waals surface area contributed by atoms with E-state index in [2.05, 4.69) is 10.8 Å². The van der Waals surface area contributed by atoms with E-state index < -0.39 is 6.10 Å². The number of aryl methyl sites for hydroxylation is 1. The van der Waals surface area contributed by atoms with Crippen molar-refractivity contribution in [2.75, 3.05) is 7.11 Å². The highest BCUT2D eigenvalue weighted by molar-refractivity contribution is 5.70. The van der Waals surface area contributed by atoms with Crippen LogP contribution in [0.4, 0.5) is 0 Å². The average Bonchev–Trinajstić information content (AvgIpc) is 2.72. The van der Waals surface area contributed by atoms with E-state index in [-0.39, 0.29) is 18.3 Å². The molecule has 0 aliphatic heterocycles. The van der Waals surface area contributed by atoms with Gasteiger partial charge in [-0.05, 0) is 24.0 Å². The molecule has 1 aromatic rings. The summed E-state index contributed by atoms with van der Waals surface area (Å²) in [6.07, 6.45) is 1.35. The lowest BCUT2D eigenvalue weighted by molar-refractivity contribution is -0.143. The summed E-state index contributed by atoms with van der Waals surface area (Å²) in [7, 11) is 1.34. The molecule has 0 heterocycles. The molecule has 1 N–H and O–H groups in total. The van der Waals surface area contributed by atoms with E-state index in [4.69, 9.17) is 0 Å². The molecule has 0 bridgehead atoms. The van der Waals surface area contributed by atoms with Crippen LogP contribution in [0.15, 0.2) is 24.3 Å². The molecule has 0 aromatic heterocycles. The molecule has 0 fully saturated rings. The van der Waals surface area contributed by atoms with Gasteiger partial charge in [-0.25, -0.2) is 0 Å². The fourth-order valence-corrected chi connectivity index (χ4v) is 2.39. The summed E-state index contributed by atoms with van der Waals surface area (Å²) in [6, 6.07) is 8.10. The van der Waals surface area contributed by atoms with Crippen LogP contribution in [0.2, 0.25) is 0 Å². The summed E-state index contributed by atoms with van der Waals surface area (Å²) in [5, 5.41) is 10.00. The maximum atomic E-state index is 11.1. The smallest absolute Gasteiger partial charge is 0.308 e. The summed E-state index contributed by atoms with van der Waals surface area (Å²) >= 11 is 0. The Morgan fingerprint density at radius 3 is 3.06 bits per heavy atom. The molecule has 0 spiro atoms. The zero-order valence-electron chi connectivity index (χ0n) is 9.35. The molecule has 0 saturated carbocycles. The highest BCUT2D eigenvalue weighted by atomic mass is 16.5. The third kappa shape index (κ3) is 2.09. The molecule has 2 atom stereocenters. The van der Waals surface area contributed by atoms with Crippen molar-refractivity contribution in [1.82, 2.24) is 0 Å². The summed E-state index contributed by atoms with van der Waals surface area (Å²) in [4.78, 5) is 11.1.